The third-order valence-corrected chi connectivity index (χ3v) is 6.91. The van der Waals surface area contributed by atoms with Gasteiger partial charge in [0.2, 0.25) is 0 Å². The van der Waals surface area contributed by atoms with Crippen molar-refractivity contribution in [3.63, 3.8) is 0 Å². The molecular formula is C21H27N3O2S2. The van der Waals surface area contributed by atoms with Crippen LogP contribution >= 0.6 is 24.0 Å². The van der Waals surface area contributed by atoms with Gasteiger partial charge >= 0.3 is 0 Å². The van der Waals surface area contributed by atoms with E-state index in [9.17, 15) is 4.79 Å². The van der Waals surface area contributed by atoms with Gasteiger partial charge in [0.15, 0.2) is 0 Å². The fourth-order valence-electron chi connectivity index (χ4n) is 3.84. The number of ether oxygens (including phenoxy) is 1. The summed E-state index contributed by atoms with van der Waals surface area (Å²) in [6.07, 6.45) is 5.85. The molecular weight excluding hydrogens is 390 g/mol. The highest BCUT2D eigenvalue weighted by Crippen LogP contribution is 2.32. The van der Waals surface area contributed by atoms with Gasteiger partial charge in [-0.1, -0.05) is 36.1 Å². The molecule has 4 rings (SSSR count). The average Bonchev–Trinajstić information content (AvgIpc) is 3.01. The van der Waals surface area contributed by atoms with Crippen molar-refractivity contribution in [1.82, 2.24) is 9.80 Å². The number of rotatable bonds is 5. The van der Waals surface area contributed by atoms with Crippen molar-refractivity contribution in [3.05, 3.63) is 34.7 Å². The summed E-state index contributed by atoms with van der Waals surface area (Å²) >= 11 is 6.87. The second kappa shape index (κ2) is 9.39. The van der Waals surface area contributed by atoms with Gasteiger partial charge in [-0.15, -0.1) is 0 Å². The van der Waals surface area contributed by atoms with E-state index in [1.165, 1.54) is 36.7 Å². The fraction of sp³-hybridized carbons (Fsp3) is 0.524. The van der Waals surface area contributed by atoms with Crippen molar-refractivity contribution in [2.75, 3.05) is 57.4 Å². The van der Waals surface area contributed by atoms with E-state index in [-0.39, 0.29) is 5.91 Å². The highest BCUT2D eigenvalue weighted by Gasteiger charge is 2.32. The molecule has 0 aromatic heterocycles. The first-order chi connectivity index (χ1) is 13.7. The van der Waals surface area contributed by atoms with Gasteiger partial charge in [-0.05, 0) is 43.0 Å². The first kappa shape index (κ1) is 19.9. The second-order valence-electron chi connectivity index (χ2n) is 7.43. The lowest BCUT2D eigenvalue weighted by Crippen LogP contribution is -2.42. The molecule has 3 aliphatic rings. The molecule has 0 aliphatic carbocycles. The quantitative estimate of drug-likeness (QED) is 0.541. The van der Waals surface area contributed by atoms with Crippen LogP contribution in [-0.2, 0) is 9.53 Å². The van der Waals surface area contributed by atoms with Gasteiger partial charge in [0, 0.05) is 45.0 Å². The Bertz CT molecular complexity index is 739. The maximum Gasteiger partial charge on any atom is 0.266 e. The van der Waals surface area contributed by atoms with Crippen LogP contribution < -0.4 is 4.90 Å². The molecule has 0 N–H and O–H groups in total. The second-order valence-corrected chi connectivity index (χ2v) is 9.10. The molecule has 5 nitrogen and oxygen atoms in total. The average molecular weight is 418 g/mol. The highest BCUT2D eigenvalue weighted by molar-refractivity contribution is 8.26. The van der Waals surface area contributed by atoms with E-state index < -0.39 is 0 Å². The van der Waals surface area contributed by atoms with Crippen molar-refractivity contribution in [2.45, 2.75) is 19.3 Å². The topological polar surface area (TPSA) is 36.0 Å². The lowest BCUT2D eigenvalue weighted by atomic mass is 10.1. The molecule has 3 aliphatic heterocycles. The van der Waals surface area contributed by atoms with Gasteiger partial charge in [0.05, 0.1) is 18.1 Å². The minimum absolute atomic E-state index is 0.0309. The van der Waals surface area contributed by atoms with E-state index in [1.807, 2.05) is 6.08 Å². The summed E-state index contributed by atoms with van der Waals surface area (Å²) in [5.74, 6) is 0.0309. The van der Waals surface area contributed by atoms with E-state index in [1.54, 1.807) is 4.90 Å². The molecule has 1 aromatic rings. The third-order valence-electron chi connectivity index (χ3n) is 5.53. The van der Waals surface area contributed by atoms with Crippen molar-refractivity contribution in [2.24, 2.45) is 0 Å². The molecule has 1 amide bonds. The molecule has 0 atom stereocenters. The molecule has 0 bridgehead atoms. The van der Waals surface area contributed by atoms with Crippen LogP contribution in [0.1, 0.15) is 24.8 Å². The molecule has 150 valence electrons. The number of benzene rings is 1. The Morgan fingerprint density at radius 2 is 1.71 bits per heavy atom. The minimum Gasteiger partial charge on any atom is -0.379 e. The Labute approximate surface area is 176 Å². The number of nitrogens with zero attached hydrogens (tertiary/aromatic N) is 3. The minimum atomic E-state index is 0.0309. The molecule has 0 saturated carbocycles. The summed E-state index contributed by atoms with van der Waals surface area (Å²) in [7, 11) is 0. The lowest BCUT2D eigenvalue weighted by molar-refractivity contribution is -0.122. The van der Waals surface area contributed by atoms with Crippen molar-refractivity contribution >= 4 is 46.0 Å². The maximum absolute atomic E-state index is 12.8. The molecule has 7 heteroatoms. The van der Waals surface area contributed by atoms with Gasteiger partial charge in [-0.25, -0.2) is 0 Å². The fourth-order valence-corrected chi connectivity index (χ4v) is 5.15. The Hall–Kier alpha value is -1.41. The Morgan fingerprint density at radius 3 is 2.43 bits per heavy atom. The number of hydrogen-bond acceptors (Lipinski definition) is 6. The van der Waals surface area contributed by atoms with E-state index in [2.05, 4.69) is 34.1 Å². The lowest BCUT2D eigenvalue weighted by Gasteiger charge is -2.28. The predicted octanol–water partition coefficient (Wildman–Crippen LogP) is 3.21. The zero-order valence-electron chi connectivity index (χ0n) is 16.1. The number of thiocarbonyl (C=S) groups is 1. The van der Waals surface area contributed by atoms with Gasteiger partial charge in [0.25, 0.3) is 5.91 Å². The van der Waals surface area contributed by atoms with Crippen molar-refractivity contribution < 1.29 is 9.53 Å². The van der Waals surface area contributed by atoms with Gasteiger partial charge in [0.1, 0.15) is 4.32 Å². The van der Waals surface area contributed by atoms with Gasteiger partial charge < -0.3 is 9.64 Å². The molecule has 3 saturated heterocycles. The van der Waals surface area contributed by atoms with E-state index >= 15 is 0 Å². The van der Waals surface area contributed by atoms with Gasteiger partial charge in [-0.2, -0.15) is 0 Å². The van der Waals surface area contributed by atoms with Crippen LogP contribution in [0.25, 0.3) is 6.08 Å². The Balaban J connectivity index is 1.37. The van der Waals surface area contributed by atoms with Crippen molar-refractivity contribution in [3.8, 4) is 0 Å². The molecule has 3 fully saturated rings. The summed E-state index contributed by atoms with van der Waals surface area (Å²) in [4.78, 5) is 20.0. The number of carbonyl (C=O) groups is 1. The highest BCUT2D eigenvalue weighted by atomic mass is 32.2. The first-order valence-electron chi connectivity index (χ1n) is 10.1. The standard InChI is InChI=1S/C21H27N3O2S2/c25-20-19(28-21(27)24(20)11-10-22-12-14-26-15-13-22)16-17-4-6-18(7-5-17)23-8-2-1-3-9-23/h4-7,16H,1-3,8-15H2/b19-16-. The number of piperidine rings is 1. The smallest absolute Gasteiger partial charge is 0.266 e. The zero-order chi connectivity index (χ0) is 19.3. The molecule has 0 unspecified atom stereocenters. The van der Waals surface area contributed by atoms with E-state index in [4.69, 9.17) is 17.0 Å². The largest absolute Gasteiger partial charge is 0.379 e. The van der Waals surface area contributed by atoms with E-state index in [0.29, 0.717) is 10.9 Å². The molecule has 0 spiro atoms. The van der Waals surface area contributed by atoms with Crippen LogP contribution in [0.2, 0.25) is 0 Å². The summed E-state index contributed by atoms with van der Waals surface area (Å²) in [6.45, 7) is 7.16. The third kappa shape index (κ3) is 4.76. The van der Waals surface area contributed by atoms with Crippen molar-refractivity contribution in [1.29, 1.82) is 0 Å². The molecule has 28 heavy (non-hydrogen) atoms. The number of amides is 1. The number of anilines is 1. The molecule has 1 aromatic carbocycles. The molecule has 0 radical (unpaired) electrons. The van der Waals surface area contributed by atoms with Crippen LogP contribution in [0, 0.1) is 0 Å². The first-order valence-corrected chi connectivity index (χ1v) is 11.3. The van der Waals surface area contributed by atoms with Crippen LogP contribution in [0.4, 0.5) is 5.69 Å². The van der Waals surface area contributed by atoms with Crippen LogP contribution in [-0.4, -0.2) is 72.5 Å². The van der Waals surface area contributed by atoms with Crippen LogP contribution in [0.3, 0.4) is 0 Å². The monoisotopic (exact) mass is 417 g/mol. The number of hydrogen-bond donors (Lipinski definition) is 0. The summed E-state index contributed by atoms with van der Waals surface area (Å²) < 4.78 is 6.04. The Kier molecular flexibility index (Phi) is 6.67. The van der Waals surface area contributed by atoms with E-state index in [0.717, 1.165) is 56.4 Å². The zero-order valence-corrected chi connectivity index (χ0v) is 17.8. The number of thioether (sulfide) groups is 1. The van der Waals surface area contributed by atoms with Crippen LogP contribution in [0.15, 0.2) is 29.2 Å². The predicted molar refractivity (Wildman–Crippen MR) is 120 cm³/mol. The summed E-state index contributed by atoms with van der Waals surface area (Å²) in [5.41, 5.74) is 2.32. The summed E-state index contributed by atoms with van der Waals surface area (Å²) in [6, 6.07) is 8.53. The van der Waals surface area contributed by atoms with Gasteiger partial charge in [-0.3, -0.25) is 14.6 Å². The number of morpholine rings is 1. The summed E-state index contributed by atoms with van der Waals surface area (Å²) in [5, 5.41) is 0. The SMILES string of the molecule is O=C1/C(=C/c2ccc(N3CCCCC3)cc2)SC(=S)N1CCN1CCOCC1. The maximum atomic E-state index is 12.8. The normalized spacial score (nSPS) is 23.1. The number of carbonyl (C=O) groups excluding carboxylic acids is 1. The molecule has 3 heterocycles. The Morgan fingerprint density at radius 1 is 1.00 bits per heavy atom. The van der Waals surface area contributed by atoms with Crippen LogP contribution in [0.5, 0.6) is 0 Å².